The first-order valence-electron chi connectivity index (χ1n) is 7.15. The maximum atomic E-state index is 11.4. The van der Waals surface area contributed by atoms with Gasteiger partial charge in [0.05, 0.1) is 13.7 Å². The number of rotatable bonds is 5. The molecule has 0 aliphatic carbocycles. The third kappa shape index (κ3) is 21.4. The van der Waals surface area contributed by atoms with Crippen LogP contribution in [-0.2, 0) is 28.6 Å². The number of halogens is 3. The summed E-state index contributed by atoms with van der Waals surface area (Å²) in [5.41, 5.74) is 0.837. The maximum absolute atomic E-state index is 11.4. The van der Waals surface area contributed by atoms with Gasteiger partial charge >= 0.3 is 24.1 Å². The molecule has 0 radical (unpaired) electrons. The van der Waals surface area contributed by atoms with Gasteiger partial charge in [0.2, 0.25) is 0 Å². The number of methoxy groups -OCH3 is 1. The van der Waals surface area contributed by atoms with Gasteiger partial charge in [0, 0.05) is 16.7 Å². The van der Waals surface area contributed by atoms with Gasteiger partial charge in [-0.1, -0.05) is 19.7 Å². The van der Waals surface area contributed by atoms with Crippen LogP contribution < -0.4 is 0 Å². The van der Waals surface area contributed by atoms with Crippen molar-refractivity contribution in [3.8, 4) is 0 Å². The Morgan fingerprint density at radius 1 is 0.808 bits per heavy atom. The van der Waals surface area contributed by atoms with Crippen molar-refractivity contribution < 1.29 is 41.8 Å². The van der Waals surface area contributed by atoms with Crippen LogP contribution in [0.25, 0.3) is 0 Å². The van der Waals surface area contributed by atoms with Gasteiger partial charge in [0.15, 0.2) is 6.61 Å². The van der Waals surface area contributed by atoms with E-state index in [-0.39, 0.29) is 17.5 Å². The van der Waals surface area contributed by atoms with E-state index in [0.717, 1.165) is 0 Å². The zero-order valence-electron chi connectivity index (χ0n) is 15.6. The van der Waals surface area contributed by atoms with E-state index < -0.39 is 18.8 Å². The number of esters is 3. The van der Waals surface area contributed by atoms with E-state index >= 15 is 0 Å². The Morgan fingerprint density at radius 3 is 1.31 bits per heavy atom. The van der Waals surface area contributed by atoms with Crippen LogP contribution in [0.3, 0.4) is 0 Å². The molecule has 0 N–H and O–H groups in total. The lowest BCUT2D eigenvalue weighted by Crippen LogP contribution is -2.20. The molecule has 0 saturated heterocycles. The molecule has 0 spiro atoms. The average molecular weight is 382 g/mol. The minimum atomic E-state index is -4.47. The molecule has 0 unspecified atom stereocenters. The van der Waals surface area contributed by atoms with Crippen LogP contribution in [0.15, 0.2) is 36.5 Å². The molecule has 0 bridgehead atoms. The first-order valence-corrected chi connectivity index (χ1v) is 7.15. The van der Waals surface area contributed by atoms with Gasteiger partial charge in [-0.3, -0.25) is 0 Å². The molecule has 0 fully saturated rings. The molecule has 0 aromatic carbocycles. The molecule has 0 aliphatic heterocycles. The van der Waals surface area contributed by atoms with Crippen molar-refractivity contribution in [2.45, 2.75) is 33.9 Å². The highest BCUT2D eigenvalue weighted by atomic mass is 19.4. The lowest BCUT2D eigenvalue weighted by molar-refractivity contribution is -0.183. The van der Waals surface area contributed by atoms with Crippen molar-refractivity contribution in [2.24, 2.45) is 0 Å². The summed E-state index contributed by atoms with van der Waals surface area (Å²) in [5.74, 6) is -1.69. The highest BCUT2D eigenvalue weighted by Crippen LogP contribution is 2.14. The van der Waals surface area contributed by atoms with Crippen molar-refractivity contribution in [3.05, 3.63) is 36.5 Å². The summed E-state index contributed by atoms with van der Waals surface area (Å²) in [5, 5.41) is 0. The third-order valence-corrected chi connectivity index (χ3v) is 1.87. The predicted molar refractivity (Wildman–Crippen MR) is 90.1 cm³/mol. The number of hydrogen-bond acceptors (Lipinski definition) is 6. The van der Waals surface area contributed by atoms with E-state index in [2.05, 4.69) is 33.9 Å². The van der Waals surface area contributed by atoms with Crippen LogP contribution in [0, 0.1) is 0 Å². The fourth-order valence-electron chi connectivity index (χ4n) is 0.699. The summed E-state index contributed by atoms with van der Waals surface area (Å²) < 4.78 is 46.8. The smallest absolute Gasteiger partial charge is 0.422 e. The van der Waals surface area contributed by atoms with Gasteiger partial charge in [-0.25, -0.2) is 14.4 Å². The van der Waals surface area contributed by atoms with Gasteiger partial charge in [0.1, 0.15) is 0 Å². The quantitative estimate of drug-likeness (QED) is 0.411. The molecule has 0 atom stereocenters. The molecule has 0 aromatic rings. The van der Waals surface area contributed by atoms with Gasteiger partial charge < -0.3 is 14.2 Å². The van der Waals surface area contributed by atoms with Crippen molar-refractivity contribution >= 4 is 17.9 Å². The summed E-state index contributed by atoms with van der Waals surface area (Å²) in [6, 6.07) is 0. The van der Waals surface area contributed by atoms with Crippen LogP contribution in [0.1, 0.15) is 27.7 Å². The van der Waals surface area contributed by atoms with E-state index in [1.165, 1.54) is 14.0 Å². The molecule has 0 aromatic heterocycles. The second-order valence-electron chi connectivity index (χ2n) is 4.74. The van der Waals surface area contributed by atoms with Crippen molar-refractivity contribution in [1.82, 2.24) is 0 Å². The van der Waals surface area contributed by atoms with Gasteiger partial charge in [-0.05, 0) is 27.7 Å². The van der Waals surface area contributed by atoms with E-state index in [1.807, 2.05) is 0 Å². The van der Waals surface area contributed by atoms with Gasteiger partial charge in [0.25, 0.3) is 0 Å². The summed E-state index contributed by atoms with van der Waals surface area (Å²) in [6.07, 6.45) is -4.47. The number of ether oxygens (including phenoxy) is 3. The SMILES string of the molecule is C=C(C)C(=O)OC.C=C(C)C(=O)OCC.C=C(C)C(=O)OCC(F)(F)F. The Hall–Kier alpha value is -2.58. The Labute approximate surface area is 151 Å². The minimum absolute atomic E-state index is 0.0470. The first kappa shape index (κ1) is 28.2. The molecule has 0 heterocycles. The molecule has 9 heteroatoms. The van der Waals surface area contributed by atoms with Crippen LogP contribution in [-0.4, -0.2) is 44.4 Å². The number of alkyl halides is 3. The zero-order valence-corrected chi connectivity index (χ0v) is 15.6. The molecule has 0 amide bonds. The monoisotopic (exact) mass is 382 g/mol. The van der Waals surface area contributed by atoms with Crippen LogP contribution in [0.5, 0.6) is 0 Å². The van der Waals surface area contributed by atoms with E-state index in [4.69, 9.17) is 0 Å². The highest BCUT2D eigenvalue weighted by molar-refractivity contribution is 5.87. The second kappa shape index (κ2) is 14.7. The second-order valence-corrected chi connectivity index (χ2v) is 4.74. The Kier molecular flexibility index (Phi) is 16.0. The lowest BCUT2D eigenvalue weighted by atomic mass is 10.4. The largest absolute Gasteiger partial charge is 0.466 e. The molecular formula is C17H25F3O6. The Bertz CT molecular complexity index is 521. The fraction of sp³-hybridized carbons (Fsp3) is 0.471. The first-order chi connectivity index (χ1) is 11.7. The minimum Gasteiger partial charge on any atom is -0.466 e. The van der Waals surface area contributed by atoms with Crippen LogP contribution >= 0.6 is 0 Å². The average Bonchev–Trinajstić information content (AvgIpc) is 2.52. The molecule has 0 aliphatic rings. The van der Waals surface area contributed by atoms with Gasteiger partial charge in [-0.2, -0.15) is 13.2 Å². The number of carbonyl (C=O) groups excluding carboxylic acids is 3. The lowest BCUT2D eigenvalue weighted by Gasteiger charge is -2.06. The van der Waals surface area contributed by atoms with Crippen molar-refractivity contribution in [2.75, 3.05) is 20.3 Å². The highest BCUT2D eigenvalue weighted by Gasteiger charge is 2.29. The molecule has 26 heavy (non-hydrogen) atoms. The van der Waals surface area contributed by atoms with Crippen molar-refractivity contribution in [3.63, 3.8) is 0 Å². The van der Waals surface area contributed by atoms with E-state index in [0.29, 0.717) is 17.8 Å². The van der Waals surface area contributed by atoms with Gasteiger partial charge in [-0.15, -0.1) is 0 Å². The van der Waals surface area contributed by atoms with Crippen LogP contribution in [0.2, 0.25) is 0 Å². The predicted octanol–water partition coefficient (Wildman–Crippen LogP) is 3.53. The maximum Gasteiger partial charge on any atom is 0.422 e. The summed E-state index contributed by atoms with van der Waals surface area (Å²) in [6.45, 7) is 15.0. The topological polar surface area (TPSA) is 78.9 Å². The zero-order chi connectivity index (χ0) is 21.5. The standard InChI is InChI=1S/C6H7F3O2.C6H10O2.C5H8O2/c1-4(2)5(10)11-3-6(7,8)9;1-4-8-6(7)5(2)3;1-4(2)5(6)7-3/h1,3H2,2H3;2,4H2,1,3H3;1H2,2-3H3. The normalized spacial score (nSPS) is 9.23. The molecule has 150 valence electrons. The summed E-state index contributed by atoms with van der Waals surface area (Å²) in [7, 11) is 1.33. The number of carbonyl (C=O) groups is 3. The van der Waals surface area contributed by atoms with Crippen LogP contribution in [0.4, 0.5) is 13.2 Å². The Morgan fingerprint density at radius 2 is 1.15 bits per heavy atom. The summed E-state index contributed by atoms with van der Waals surface area (Å²) >= 11 is 0. The molecule has 0 rings (SSSR count). The van der Waals surface area contributed by atoms with E-state index in [1.54, 1.807) is 20.8 Å². The molecule has 0 saturated carbocycles. The van der Waals surface area contributed by atoms with E-state index in [9.17, 15) is 27.6 Å². The van der Waals surface area contributed by atoms with Crippen molar-refractivity contribution in [1.29, 1.82) is 0 Å². The fourth-order valence-corrected chi connectivity index (χ4v) is 0.699. The third-order valence-electron chi connectivity index (χ3n) is 1.87. The molecule has 6 nitrogen and oxygen atoms in total. The molecular weight excluding hydrogens is 357 g/mol. The Balaban J connectivity index is -0.000000315. The summed E-state index contributed by atoms with van der Waals surface area (Å²) in [4.78, 5) is 31.0. The number of hydrogen-bond donors (Lipinski definition) is 0.